The van der Waals surface area contributed by atoms with E-state index in [1.54, 1.807) is 6.20 Å². The molecule has 102 valence electrons. The molecule has 1 saturated heterocycles. The Bertz CT molecular complexity index is 473. The summed E-state index contributed by atoms with van der Waals surface area (Å²) >= 11 is 0. The lowest BCUT2D eigenvalue weighted by atomic mass is 9.78. The van der Waals surface area contributed by atoms with E-state index in [-0.39, 0.29) is 11.7 Å². The van der Waals surface area contributed by atoms with Crippen LogP contribution in [0.3, 0.4) is 0 Å². The van der Waals surface area contributed by atoms with E-state index in [0.29, 0.717) is 17.5 Å². The van der Waals surface area contributed by atoms with Crippen LogP contribution in [0, 0.1) is 5.92 Å². The number of amides is 1. The maximum absolute atomic E-state index is 12.6. The molecule has 0 bridgehead atoms. The molecule has 1 aromatic rings. The summed E-state index contributed by atoms with van der Waals surface area (Å²) in [6, 6.07) is 1.92. The Hall–Kier alpha value is -1.58. The van der Waals surface area contributed by atoms with Crippen molar-refractivity contribution >= 4 is 5.91 Å². The number of fused-ring (bicyclic) bond motifs is 1. The van der Waals surface area contributed by atoms with Gasteiger partial charge < -0.3 is 10.0 Å². The zero-order valence-corrected chi connectivity index (χ0v) is 11.1. The van der Waals surface area contributed by atoms with Crippen LogP contribution in [0.2, 0.25) is 0 Å². The molecule has 1 aromatic heterocycles. The van der Waals surface area contributed by atoms with Crippen LogP contribution in [-0.2, 0) is 0 Å². The molecule has 1 amide bonds. The fourth-order valence-electron chi connectivity index (χ4n) is 3.59. The molecule has 0 spiro atoms. The normalized spacial score (nSPS) is 26.8. The second kappa shape index (κ2) is 5.19. The lowest BCUT2D eigenvalue weighted by Crippen LogP contribution is -2.49. The van der Waals surface area contributed by atoms with Gasteiger partial charge in [0.05, 0.1) is 11.8 Å². The highest BCUT2D eigenvalue weighted by molar-refractivity contribution is 5.94. The van der Waals surface area contributed by atoms with Gasteiger partial charge in [0.2, 0.25) is 0 Å². The molecule has 3 rings (SSSR count). The highest BCUT2D eigenvalue weighted by atomic mass is 16.3. The van der Waals surface area contributed by atoms with Crippen molar-refractivity contribution in [3.8, 4) is 5.75 Å². The fraction of sp³-hybridized carbons (Fsp3) is 0.600. The van der Waals surface area contributed by atoms with Crippen LogP contribution in [0.1, 0.15) is 48.9 Å². The van der Waals surface area contributed by atoms with Gasteiger partial charge in [-0.15, -0.1) is 0 Å². The minimum absolute atomic E-state index is 0.0278. The van der Waals surface area contributed by atoms with Crippen LogP contribution >= 0.6 is 0 Å². The SMILES string of the molecule is O=C(c1cncc(O)c1)N1CCC[C@H]2CCCC[C@H]21. The molecule has 2 aliphatic rings. The average molecular weight is 260 g/mol. The zero-order chi connectivity index (χ0) is 13.2. The average Bonchev–Trinajstić information content (AvgIpc) is 2.46. The van der Waals surface area contributed by atoms with Gasteiger partial charge in [0, 0.05) is 18.8 Å². The second-order valence-corrected chi connectivity index (χ2v) is 5.68. The van der Waals surface area contributed by atoms with Crippen molar-refractivity contribution in [3.63, 3.8) is 0 Å². The van der Waals surface area contributed by atoms with Gasteiger partial charge in [-0.3, -0.25) is 9.78 Å². The number of nitrogens with zero attached hydrogens (tertiary/aromatic N) is 2. The highest BCUT2D eigenvalue weighted by Gasteiger charge is 2.36. The first-order valence-electron chi connectivity index (χ1n) is 7.20. The molecule has 1 aliphatic carbocycles. The molecule has 1 aliphatic heterocycles. The summed E-state index contributed by atoms with van der Waals surface area (Å²) in [5.74, 6) is 0.764. The number of rotatable bonds is 1. The Morgan fingerprint density at radius 2 is 2.00 bits per heavy atom. The van der Waals surface area contributed by atoms with Crippen LogP contribution < -0.4 is 0 Å². The molecular weight excluding hydrogens is 240 g/mol. The summed E-state index contributed by atoms with van der Waals surface area (Å²) in [6.07, 6.45) is 10.2. The summed E-state index contributed by atoms with van der Waals surface area (Å²) in [4.78, 5) is 18.5. The van der Waals surface area contributed by atoms with Crippen molar-refractivity contribution < 1.29 is 9.90 Å². The Kier molecular flexibility index (Phi) is 3.40. The molecule has 2 heterocycles. The van der Waals surface area contributed by atoms with Crippen LogP contribution in [0.4, 0.5) is 0 Å². The van der Waals surface area contributed by atoms with E-state index in [1.165, 1.54) is 37.9 Å². The summed E-state index contributed by atoms with van der Waals surface area (Å²) in [5, 5.41) is 9.46. The van der Waals surface area contributed by atoms with Crippen LogP contribution in [-0.4, -0.2) is 33.5 Å². The Labute approximate surface area is 113 Å². The predicted molar refractivity (Wildman–Crippen MR) is 71.9 cm³/mol. The first-order valence-corrected chi connectivity index (χ1v) is 7.20. The van der Waals surface area contributed by atoms with Crippen molar-refractivity contribution in [1.82, 2.24) is 9.88 Å². The Balaban J connectivity index is 1.82. The second-order valence-electron chi connectivity index (χ2n) is 5.68. The molecule has 19 heavy (non-hydrogen) atoms. The number of hydrogen-bond acceptors (Lipinski definition) is 3. The number of aromatic nitrogens is 1. The summed E-state index contributed by atoms with van der Waals surface area (Å²) in [7, 11) is 0. The van der Waals surface area contributed by atoms with Gasteiger partial charge in [-0.25, -0.2) is 0 Å². The molecule has 4 heteroatoms. The number of aromatic hydroxyl groups is 1. The van der Waals surface area contributed by atoms with Gasteiger partial charge in [-0.1, -0.05) is 12.8 Å². The van der Waals surface area contributed by atoms with Crippen molar-refractivity contribution in [2.75, 3.05) is 6.54 Å². The Morgan fingerprint density at radius 3 is 2.84 bits per heavy atom. The number of likely N-dealkylation sites (tertiary alicyclic amines) is 1. The molecule has 0 radical (unpaired) electrons. The van der Waals surface area contributed by atoms with E-state index in [9.17, 15) is 9.90 Å². The van der Waals surface area contributed by atoms with Gasteiger partial charge in [0.25, 0.3) is 5.91 Å². The lowest BCUT2D eigenvalue weighted by molar-refractivity contribution is 0.0390. The molecule has 4 nitrogen and oxygen atoms in total. The standard InChI is InChI=1S/C15H20N2O2/c18-13-8-12(9-16-10-13)15(19)17-7-3-5-11-4-1-2-6-14(11)17/h8-11,14,18H,1-7H2/t11-,14-/m1/s1. The third-order valence-corrected chi connectivity index (χ3v) is 4.47. The van der Waals surface area contributed by atoms with Crippen molar-refractivity contribution in [1.29, 1.82) is 0 Å². The molecular formula is C15H20N2O2. The van der Waals surface area contributed by atoms with Crippen molar-refractivity contribution in [2.24, 2.45) is 5.92 Å². The predicted octanol–water partition coefficient (Wildman–Crippen LogP) is 2.58. The van der Waals surface area contributed by atoms with Crippen LogP contribution in [0.25, 0.3) is 0 Å². The maximum atomic E-state index is 12.6. The highest BCUT2D eigenvalue weighted by Crippen LogP contribution is 2.35. The number of carbonyl (C=O) groups excluding carboxylic acids is 1. The Morgan fingerprint density at radius 1 is 1.21 bits per heavy atom. The van der Waals surface area contributed by atoms with E-state index in [0.717, 1.165) is 19.4 Å². The third-order valence-electron chi connectivity index (χ3n) is 4.47. The smallest absolute Gasteiger partial charge is 0.255 e. The van der Waals surface area contributed by atoms with Gasteiger partial charge in [-0.05, 0) is 37.7 Å². The summed E-state index contributed by atoms with van der Waals surface area (Å²) < 4.78 is 0. The van der Waals surface area contributed by atoms with Gasteiger partial charge in [-0.2, -0.15) is 0 Å². The topological polar surface area (TPSA) is 53.4 Å². The maximum Gasteiger partial charge on any atom is 0.255 e. The largest absolute Gasteiger partial charge is 0.506 e. The van der Waals surface area contributed by atoms with Crippen LogP contribution in [0.5, 0.6) is 5.75 Å². The van der Waals surface area contributed by atoms with E-state index in [2.05, 4.69) is 4.98 Å². The monoisotopic (exact) mass is 260 g/mol. The van der Waals surface area contributed by atoms with E-state index < -0.39 is 0 Å². The van der Waals surface area contributed by atoms with Crippen LogP contribution in [0.15, 0.2) is 18.5 Å². The van der Waals surface area contributed by atoms with Gasteiger partial charge in [0.15, 0.2) is 0 Å². The molecule has 1 N–H and O–H groups in total. The lowest BCUT2D eigenvalue weighted by Gasteiger charge is -2.44. The van der Waals surface area contributed by atoms with Crippen molar-refractivity contribution in [2.45, 2.75) is 44.6 Å². The van der Waals surface area contributed by atoms with E-state index in [1.807, 2.05) is 4.90 Å². The number of piperidine rings is 1. The van der Waals surface area contributed by atoms with Crippen molar-refractivity contribution in [3.05, 3.63) is 24.0 Å². The van der Waals surface area contributed by atoms with Gasteiger partial charge >= 0.3 is 0 Å². The summed E-state index contributed by atoms with van der Waals surface area (Å²) in [5.41, 5.74) is 0.506. The van der Waals surface area contributed by atoms with E-state index >= 15 is 0 Å². The van der Waals surface area contributed by atoms with Gasteiger partial charge in [0.1, 0.15) is 5.75 Å². The first-order chi connectivity index (χ1) is 9.25. The minimum Gasteiger partial charge on any atom is -0.506 e. The van der Waals surface area contributed by atoms with E-state index in [4.69, 9.17) is 0 Å². The summed E-state index contributed by atoms with van der Waals surface area (Å²) in [6.45, 7) is 0.843. The quantitative estimate of drug-likeness (QED) is 0.844. The number of pyridine rings is 1. The first kappa shape index (κ1) is 12.5. The fourth-order valence-corrected chi connectivity index (χ4v) is 3.59. The molecule has 1 saturated carbocycles. The molecule has 2 atom stereocenters. The molecule has 2 fully saturated rings. The molecule has 0 aromatic carbocycles. The minimum atomic E-state index is 0.0278. The number of hydrogen-bond donors (Lipinski definition) is 1. The number of carbonyl (C=O) groups is 1. The third kappa shape index (κ3) is 2.44. The zero-order valence-electron chi connectivity index (χ0n) is 11.1. The molecule has 0 unspecified atom stereocenters.